The molecule has 104 valence electrons. The number of nitrogens with one attached hydrogen (secondary N) is 1. The summed E-state index contributed by atoms with van der Waals surface area (Å²) in [5, 5.41) is 3.58. The molecular formula is C17H18ClNS. The summed E-state index contributed by atoms with van der Waals surface area (Å²) in [5.41, 5.74) is 4.00. The van der Waals surface area contributed by atoms with Crippen molar-refractivity contribution < 1.29 is 0 Å². The average molecular weight is 304 g/mol. The zero-order chi connectivity index (χ0) is 13.8. The van der Waals surface area contributed by atoms with Gasteiger partial charge in [0.1, 0.15) is 0 Å². The lowest BCUT2D eigenvalue weighted by Crippen LogP contribution is -2.21. The maximum Gasteiger partial charge on any atom is 0.0474 e. The van der Waals surface area contributed by atoms with Crippen molar-refractivity contribution in [2.45, 2.75) is 23.2 Å². The van der Waals surface area contributed by atoms with Gasteiger partial charge >= 0.3 is 0 Å². The van der Waals surface area contributed by atoms with Gasteiger partial charge in [0, 0.05) is 35.5 Å². The Labute approximate surface area is 129 Å². The molecule has 0 saturated heterocycles. The second-order valence-electron chi connectivity index (χ2n) is 5.13. The van der Waals surface area contributed by atoms with Crippen molar-refractivity contribution in [3.8, 4) is 0 Å². The van der Waals surface area contributed by atoms with Crippen LogP contribution in [0.1, 0.15) is 22.6 Å². The van der Waals surface area contributed by atoms with Crippen molar-refractivity contribution >= 4 is 23.4 Å². The van der Waals surface area contributed by atoms with E-state index in [2.05, 4.69) is 53.8 Å². The van der Waals surface area contributed by atoms with Crippen molar-refractivity contribution in [1.82, 2.24) is 5.32 Å². The lowest BCUT2D eigenvalue weighted by Gasteiger charge is -2.12. The second-order valence-corrected chi connectivity index (χ2v) is 6.46. The molecular weight excluding hydrogens is 286 g/mol. The van der Waals surface area contributed by atoms with E-state index in [9.17, 15) is 0 Å². The first-order valence-electron chi connectivity index (χ1n) is 6.93. The van der Waals surface area contributed by atoms with Gasteiger partial charge in [-0.3, -0.25) is 0 Å². The van der Waals surface area contributed by atoms with E-state index in [-0.39, 0.29) is 0 Å². The Bertz CT molecular complexity index is 567. The van der Waals surface area contributed by atoms with Gasteiger partial charge in [-0.05, 0) is 22.8 Å². The summed E-state index contributed by atoms with van der Waals surface area (Å²) in [6, 6.07) is 17.3. The molecule has 1 nitrogen and oxygen atoms in total. The van der Waals surface area contributed by atoms with Crippen LogP contribution in [0.15, 0.2) is 53.4 Å². The quantitative estimate of drug-likeness (QED) is 0.821. The Morgan fingerprint density at radius 2 is 1.80 bits per heavy atom. The summed E-state index contributed by atoms with van der Waals surface area (Å²) in [6.45, 7) is 1.97. The Morgan fingerprint density at radius 3 is 2.60 bits per heavy atom. The molecule has 1 aliphatic rings. The number of alkyl halides is 1. The van der Waals surface area contributed by atoms with E-state index in [1.54, 1.807) is 0 Å². The highest BCUT2D eigenvalue weighted by Crippen LogP contribution is 2.38. The molecule has 20 heavy (non-hydrogen) atoms. The highest BCUT2D eigenvalue weighted by Gasteiger charge is 2.21. The molecule has 0 spiro atoms. The van der Waals surface area contributed by atoms with Crippen LogP contribution in [0.4, 0.5) is 0 Å². The van der Waals surface area contributed by atoms with Crippen molar-refractivity contribution in [3.05, 3.63) is 65.2 Å². The largest absolute Gasteiger partial charge is 0.312 e. The SMILES string of the molecule is ClCc1ccc(CNCC2CSc3ccccc32)cc1. The molecule has 0 aromatic heterocycles. The molecule has 0 saturated carbocycles. The normalized spacial score (nSPS) is 17.1. The lowest BCUT2D eigenvalue weighted by atomic mass is 10.0. The number of halogens is 1. The zero-order valence-corrected chi connectivity index (χ0v) is 12.9. The van der Waals surface area contributed by atoms with Gasteiger partial charge < -0.3 is 5.32 Å². The zero-order valence-electron chi connectivity index (χ0n) is 11.3. The van der Waals surface area contributed by atoms with Crippen molar-refractivity contribution in [2.75, 3.05) is 12.3 Å². The van der Waals surface area contributed by atoms with E-state index in [0.717, 1.165) is 13.1 Å². The monoisotopic (exact) mass is 303 g/mol. The molecule has 1 aliphatic heterocycles. The number of fused-ring (bicyclic) bond motifs is 1. The molecule has 3 heteroatoms. The van der Waals surface area contributed by atoms with E-state index in [1.165, 1.54) is 27.3 Å². The van der Waals surface area contributed by atoms with Crippen molar-refractivity contribution in [1.29, 1.82) is 0 Å². The molecule has 0 bridgehead atoms. The lowest BCUT2D eigenvalue weighted by molar-refractivity contribution is 0.621. The fourth-order valence-electron chi connectivity index (χ4n) is 2.54. The van der Waals surface area contributed by atoms with Gasteiger partial charge in [-0.25, -0.2) is 0 Å². The number of hydrogen-bond donors (Lipinski definition) is 1. The fourth-order valence-corrected chi connectivity index (χ4v) is 3.97. The molecule has 1 N–H and O–H groups in total. The topological polar surface area (TPSA) is 12.0 Å². The van der Waals surface area contributed by atoms with Gasteiger partial charge in [-0.2, -0.15) is 0 Å². The van der Waals surface area contributed by atoms with Gasteiger partial charge in [0.15, 0.2) is 0 Å². The van der Waals surface area contributed by atoms with E-state index >= 15 is 0 Å². The summed E-state index contributed by atoms with van der Waals surface area (Å²) in [7, 11) is 0. The molecule has 3 rings (SSSR count). The minimum absolute atomic E-state index is 0.587. The van der Waals surface area contributed by atoms with Gasteiger partial charge in [-0.1, -0.05) is 42.5 Å². The van der Waals surface area contributed by atoms with Crippen LogP contribution in [0.3, 0.4) is 0 Å². The first-order valence-corrected chi connectivity index (χ1v) is 8.45. The van der Waals surface area contributed by atoms with Crippen LogP contribution in [-0.2, 0) is 12.4 Å². The third-order valence-electron chi connectivity index (χ3n) is 3.70. The average Bonchev–Trinajstić information content (AvgIpc) is 2.92. The van der Waals surface area contributed by atoms with Gasteiger partial charge in [-0.15, -0.1) is 23.4 Å². The van der Waals surface area contributed by atoms with E-state index < -0.39 is 0 Å². The maximum absolute atomic E-state index is 5.80. The Morgan fingerprint density at radius 1 is 1.05 bits per heavy atom. The number of hydrogen-bond acceptors (Lipinski definition) is 2. The first-order chi connectivity index (χ1) is 9.86. The van der Waals surface area contributed by atoms with Crippen molar-refractivity contribution in [3.63, 3.8) is 0 Å². The standard InChI is InChI=1S/C17H18ClNS/c18-9-13-5-7-14(8-6-13)10-19-11-15-12-20-17-4-2-1-3-16(15)17/h1-8,15,19H,9-12H2. The molecule has 2 aromatic rings. The van der Waals surface area contributed by atoms with Gasteiger partial charge in [0.05, 0.1) is 0 Å². The summed E-state index contributed by atoms with van der Waals surface area (Å²) in [6.07, 6.45) is 0. The number of thioether (sulfide) groups is 1. The molecule has 1 unspecified atom stereocenters. The fraction of sp³-hybridized carbons (Fsp3) is 0.294. The molecule has 0 amide bonds. The van der Waals surface area contributed by atoms with E-state index in [1.807, 2.05) is 11.8 Å². The summed E-state index contributed by atoms with van der Waals surface area (Å²) < 4.78 is 0. The van der Waals surface area contributed by atoms with Gasteiger partial charge in [0.25, 0.3) is 0 Å². The van der Waals surface area contributed by atoms with Crippen LogP contribution in [0.5, 0.6) is 0 Å². The van der Waals surface area contributed by atoms with Crippen LogP contribution in [-0.4, -0.2) is 12.3 Å². The van der Waals surface area contributed by atoms with E-state index in [4.69, 9.17) is 11.6 Å². The summed E-state index contributed by atoms with van der Waals surface area (Å²) in [4.78, 5) is 1.45. The van der Waals surface area contributed by atoms with Gasteiger partial charge in [0.2, 0.25) is 0 Å². The molecule has 0 radical (unpaired) electrons. The second kappa shape index (κ2) is 6.66. The summed E-state index contributed by atoms with van der Waals surface area (Å²) in [5.74, 6) is 2.42. The Hall–Kier alpha value is -0.960. The van der Waals surface area contributed by atoms with Crippen molar-refractivity contribution in [2.24, 2.45) is 0 Å². The predicted octanol–water partition coefficient (Wildman–Crippen LogP) is 4.40. The third kappa shape index (κ3) is 3.20. The molecule has 0 aliphatic carbocycles. The smallest absolute Gasteiger partial charge is 0.0474 e. The number of rotatable bonds is 5. The van der Waals surface area contributed by atoms with Crippen LogP contribution in [0.25, 0.3) is 0 Å². The Balaban J connectivity index is 1.53. The number of benzene rings is 2. The maximum atomic E-state index is 5.80. The highest BCUT2D eigenvalue weighted by atomic mass is 35.5. The van der Waals surface area contributed by atoms with Crippen LogP contribution >= 0.6 is 23.4 Å². The molecule has 1 atom stereocenters. The highest BCUT2D eigenvalue weighted by molar-refractivity contribution is 7.99. The minimum atomic E-state index is 0.587. The molecule has 0 fully saturated rings. The summed E-state index contributed by atoms with van der Waals surface area (Å²) >= 11 is 7.77. The van der Waals surface area contributed by atoms with Crippen LogP contribution in [0.2, 0.25) is 0 Å². The predicted molar refractivity (Wildman–Crippen MR) is 87.6 cm³/mol. The van der Waals surface area contributed by atoms with Crippen LogP contribution < -0.4 is 5.32 Å². The third-order valence-corrected chi connectivity index (χ3v) is 5.26. The molecule has 1 heterocycles. The first kappa shape index (κ1) is 14.0. The minimum Gasteiger partial charge on any atom is -0.312 e. The van der Waals surface area contributed by atoms with Crippen LogP contribution in [0, 0.1) is 0 Å². The molecule has 2 aromatic carbocycles. The van der Waals surface area contributed by atoms with E-state index in [0.29, 0.717) is 11.8 Å². The Kier molecular flexibility index (Phi) is 4.66.